The van der Waals surface area contributed by atoms with Crippen molar-refractivity contribution in [3.05, 3.63) is 34.3 Å². The third-order valence-corrected chi connectivity index (χ3v) is 2.45. The minimum Gasteiger partial charge on any atom is -0.324 e. The van der Waals surface area contributed by atoms with Crippen molar-refractivity contribution in [3.63, 3.8) is 0 Å². The molecule has 2 N–H and O–H groups in total. The molecule has 1 nitrogen and oxygen atoms in total. The number of rotatable bonds is 3. The van der Waals surface area contributed by atoms with Gasteiger partial charge in [0.25, 0.3) is 0 Å². The van der Waals surface area contributed by atoms with Gasteiger partial charge in [-0.1, -0.05) is 34.1 Å². The van der Waals surface area contributed by atoms with E-state index in [-0.39, 0.29) is 12.7 Å². The van der Waals surface area contributed by atoms with Crippen LogP contribution in [0.2, 0.25) is 0 Å². The summed E-state index contributed by atoms with van der Waals surface area (Å²) in [5, 5.41) is 0. The first kappa shape index (κ1) is 9.68. The Morgan fingerprint density at radius 2 is 2.08 bits per heavy atom. The summed E-state index contributed by atoms with van der Waals surface area (Å²) in [7, 11) is 0. The van der Waals surface area contributed by atoms with E-state index in [9.17, 15) is 4.39 Å². The van der Waals surface area contributed by atoms with Gasteiger partial charge < -0.3 is 5.73 Å². The topological polar surface area (TPSA) is 26.0 Å². The third kappa shape index (κ3) is 2.29. The van der Waals surface area contributed by atoms with Gasteiger partial charge in [0, 0.05) is 10.5 Å². The van der Waals surface area contributed by atoms with Crippen molar-refractivity contribution in [2.24, 2.45) is 5.73 Å². The molecule has 1 aromatic carbocycles. The van der Waals surface area contributed by atoms with Crippen molar-refractivity contribution in [1.29, 1.82) is 0 Å². The van der Waals surface area contributed by atoms with E-state index in [1.165, 1.54) is 0 Å². The number of hydrogen-bond acceptors (Lipinski definition) is 1. The van der Waals surface area contributed by atoms with Crippen LogP contribution in [0.4, 0.5) is 4.39 Å². The third-order valence-electron chi connectivity index (χ3n) is 1.72. The van der Waals surface area contributed by atoms with Crippen LogP contribution in [0.1, 0.15) is 18.0 Å². The van der Waals surface area contributed by atoms with Crippen molar-refractivity contribution >= 4 is 15.9 Å². The van der Waals surface area contributed by atoms with Crippen LogP contribution in [-0.2, 0) is 0 Å². The fraction of sp³-hybridized carbons (Fsp3) is 0.333. The Balaban J connectivity index is 2.79. The first-order chi connectivity index (χ1) is 5.75. The van der Waals surface area contributed by atoms with Crippen molar-refractivity contribution in [2.45, 2.75) is 12.5 Å². The maximum absolute atomic E-state index is 12.0. The van der Waals surface area contributed by atoms with E-state index in [1.54, 1.807) is 0 Å². The molecule has 0 saturated carbocycles. The lowest BCUT2D eigenvalue weighted by atomic mass is 10.1. The summed E-state index contributed by atoms with van der Waals surface area (Å²) in [6.07, 6.45) is 0.378. The molecule has 1 rings (SSSR count). The summed E-state index contributed by atoms with van der Waals surface area (Å²) < 4.78 is 12.9. The monoisotopic (exact) mass is 231 g/mol. The molecule has 66 valence electrons. The van der Waals surface area contributed by atoms with Crippen LogP contribution in [0.15, 0.2) is 28.7 Å². The summed E-state index contributed by atoms with van der Waals surface area (Å²) in [6, 6.07) is 7.43. The summed E-state index contributed by atoms with van der Waals surface area (Å²) in [5.74, 6) is 0. The highest BCUT2D eigenvalue weighted by molar-refractivity contribution is 9.10. The summed E-state index contributed by atoms with van der Waals surface area (Å²) in [4.78, 5) is 0. The molecule has 0 bridgehead atoms. The first-order valence-corrected chi connectivity index (χ1v) is 4.61. The molecule has 0 fully saturated rings. The van der Waals surface area contributed by atoms with Gasteiger partial charge in [-0.05, 0) is 18.1 Å². The van der Waals surface area contributed by atoms with E-state index >= 15 is 0 Å². The van der Waals surface area contributed by atoms with E-state index in [2.05, 4.69) is 15.9 Å². The summed E-state index contributed by atoms with van der Waals surface area (Å²) in [6.45, 7) is -0.373. The number of benzene rings is 1. The maximum atomic E-state index is 12.0. The minimum atomic E-state index is -0.373. The zero-order valence-electron chi connectivity index (χ0n) is 6.63. The lowest BCUT2D eigenvalue weighted by Crippen LogP contribution is -2.11. The summed E-state index contributed by atoms with van der Waals surface area (Å²) in [5.41, 5.74) is 6.70. The van der Waals surface area contributed by atoms with Crippen LogP contribution in [0.25, 0.3) is 0 Å². The minimum absolute atomic E-state index is 0.203. The van der Waals surface area contributed by atoms with E-state index in [4.69, 9.17) is 5.73 Å². The van der Waals surface area contributed by atoms with Crippen molar-refractivity contribution in [2.75, 3.05) is 6.67 Å². The first-order valence-electron chi connectivity index (χ1n) is 3.81. The fourth-order valence-electron chi connectivity index (χ4n) is 1.05. The van der Waals surface area contributed by atoms with Gasteiger partial charge in [0.1, 0.15) is 0 Å². The van der Waals surface area contributed by atoms with Crippen LogP contribution in [0, 0.1) is 0 Å². The Labute approximate surface area is 79.9 Å². The van der Waals surface area contributed by atoms with Gasteiger partial charge in [0.2, 0.25) is 0 Å². The number of hydrogen-bond donors (Lipinski definition) is 1. The van der Waals surface area contributed by atoms with E-state index in [0.29, 0.717) is 6.42 Å². The number of alkyl halides is 1. The average molecular weight is 232 g/mol. The molecule has 0 unspecified atom stereocenters. The highest BCUT2D eigenvalue weighted by Crippen LogP contribution is 2.23. The predicted molar refractivity (Wildman–Crippen MR) is 51.7 cm³/mol. The number of nitrogens with two attached hydrogens (primary N) is 1. The molecule has 0 spiro atoms. The molecule has 3 heteroatoms. The standard InChI is InChI=1S/C9H11BrFN/c10-8-4-2-1-3-7(8)9(12)5-6-11/h1-4,9H,5-6,12H2/t9-/m0/s1. The molecule has 0 saturated heterocycles. The van der Waals surface area contributed by atoms with E-state index < -0.39 is 0 Å². The van der Waals surface area contributed by atoms with Crippen LogP contribution in [0.3, 0.4) is 0 Å². The largest absolute Gasteiger partial charge is 0.324 e. The molecule has 1 aromatic rings. The summed E-state index contributed by atoms with van der Waals surface area (Å²) >= 11 is 3.36. The Bertz CT molecular complexity index is 252. The van der Waals surface area contributed by atoms with Gasteiger partial charge in [0.15, 0.2) is 0 Å². The molecule has 0 amide bonds. The van der Waals surface area contributed by atoms with Gasteiger partial charge in [-0.15, -0.1) is 0 Å². The molecule has 0 radical (unpaired) electrons. The molecule has 0 aliphatic heterocycles. The van der Waals surface area contributed by atoms with Gasteiger partial charge in [-0.2, -0.15) is 0 Å². The zero-order chi connectivity index (χ0) is 8.97. The van der Waals surface area contributed by atoms with Crippen LogP contribution >= 0.6 is 15.9 Å². The van der Waals surface area contributed by atoms with Gasteiger partial charge in [0.05, 0.1) is 6.67 Å². The second kappa shape index (κ2) is 4.58. The zero-order valence-corrected chi connectivity index (χ0v) is 8.22. The normalized spacial score (nSPS) is 12.9. The van der Waals surface area contributed by atoms with Crippen molar-refractivity contribution < 1.29 is 4.39 Å². The SMILES string of the molecule is N[C@@H](CCF)c1ccccc1Br. The quantitative estimate of drug-likeness (QED) is 0.851. The van der Waals surface area contributed by atoms with Crippen molar-refractivity contribution in [3.8, 4) is 0 Å². The average Bonchev–Trinajstić information content (AvgIpc) is 2.05. The van der Waals surface area contributed by atoms with Gasteiger partial charge in [-0.25, -0.2) is 0 Å². The van der Waals surface area contributed by atoms with E-state index in [0.717, 1.165) is 10.0 Å². The Kier molecular flexibility index (Phi) is 3.69. The molecule has 0 aromatic heterocycles. The molecule has 0 aliphatic carbocycles. The Morgan fingerprint density at radius 3 is 2.67 bits per heavy atom. The Hall–Kier alpha value is -0.410. The van der Waals surface area contributed by atoms with Crippen LogP contribution in [0.5, 0.6) is 0 Å². The number of halogens is 2. The lowest BCUT2D eigenvalue weighted by molar-refractivity contribution is 0.441. The second-order valence-corrected chi connectivity index (χ2v) is 3.46. The van der Waals surface area contributed by atoms with E-state index in [1.807, 2.05) is 24.3 Å². The maximum Gasteiger partial charge on any atom is 0.0912 e. The molecular weight excluding hydrogens is 221 g/mol. The van der Waals surface area contributed by atoms with Gasteiger partial charge in [-0.3, -0.25) is 4.39 Å². The molecule has 1 atom stereocenters. The highest BCUT2D eigenvalue weighted by Gasteiger charge is 2.07. The molecule has 12 heavy (non-hydrogen) atoms. The van der Waals surface area contributed by atoms with Crippen LogP contribution in [-0.4, -0.2) is 6.67 Å². The fourth-order valence-corrected chi connectivity index (χ4v) is 1.63. The lowest BCUT2D eigenvalue weighted by Gasteiger charge is -2.11. The Morgan fingerprint density at radius 1 is 1.42 bits per heavy atom. The molecular formula is C9H11BrFN. The second-order valence-electron chi connectivity index (χ2n) is 2.61. The smallest absolute Gasteiger partial charge is 0.0912 e. The van der Waals surface area contributed by atoms with Crippen molar-refractivity contribution in [1.82, 2.24) is 0 Å². The molecule has 0 aliphatic rings. The van der Waals surface area contributed by atoms with Crippen LogP contribution < -0.4 is 5.73 Å². The predicted octanol–water partition coefficient (Wildman–Crippen LogP) is 2.81. The highest BCUT2D eigenvalue weighted by atomic mass is 79.9. The van der Waals surface area contributed by atoms with Gasteiger partial charge >= 0.3 is 0 Å². The molecule has 0 heterocycles.